The van der Waals surface area contributed by atoms with Crippen LogP contribution in [0.2, 0.25) is 0 Å². The molecular formula is C16H13NOS3. The molecule has 21 heavy (non-hydrogen) atoms. The van der Waals surface area contributed by atoms with E-state index in [1.54, 1.807) is 16.7 Å². The van der Waals surface area contributed by atoms with E-state index in [-0.39, 0.29) is 5.91 Å². The van der Waals surface area contributed by atoms with Gasteiger partial charge in [0, 0.05) is 9.79 Å². The predicted octanol–water partition coefficient (Wildman–Crippen LogP) is 4.51. The second-order valence-electron chi connectivity index (χ2n) is 4.67. The lowest BCUT2D eigenvalue weighted by Crippen LogP contribution is -2.28. The van der Waals surface area contributed by atoms with Gasteiger partial charge in [-0.2, -0.15) is 0 Å². The average molecular weight is 331 g/mol. The molecule has 2 nitrogen and oxygen atoms in total. The molecule has 0 aromatic heterocycles. The SMILES string of the molecule is Cc1ccc(Sc2ccccc2N2C(=O)CSC2=S)cc1. The number of thioether (sulfide) groups is 1. The first-order valence-corrected chi connectivity index (χ1v) is 8.69. The molecule has 0 N–H and O–H groups in total. The summed E-state index contributed by atoms with van der Waals surface area (Å²) in [6.07, 6.45) is 0. The topological polar surface area (TPSA) is 20.3 Å². The summed E-state index contributed by atoms with van der Waals surface area (Å²) in [5, 5.41) is 0. The highest BCUT2D eigenvalue weighted by Gasteiger charge is 2.29. The van der Waals surface area contributed by atoms with E-state index in [2.05, 4.69) is 31.2 Å². The van der Waals surface area contributed by atoms with Gasteiger partial charge in [-0.15, -0.1) is 0 Å². The maximum Gasteiger partial charge on any atom is 0.243 e. The molecule has 106 valence electrons. The van der Waals surface area contributed by atoms with Crippen molar-refractivity contribution >= 4 is 51.7 Å². The van der Waals surface area contributed by atoms with Gasteiger partial charge in [-0.25, -0.2) is 0 Å². The van der Waals surface area contributed by atoms with Crippen molar-refractivity contribution < 1.29 is 4.79 Å². The smallest absolute Gasteiger partial charge is 0.243 e. The minimum atomic E-state index is 0.0574. The van der Waals surface area contributed by atoms with Gasteiger partial charge in [-0.1, -0.05) is 65.6 Å². The van der Waals surface area contributed by atoms with E-state index in [1.807, 2.05) is 24.3 Å². The van der Waals surface area contributed by atoms with E-state index in [9.17, 15) is 4.79 Å². The lowest BCUT2D eigenvalue weighted by atomic mass is 10.2. The molecule has 2 aromatic carbocycles. The van der Waals surface area contributed by atoms with Crippen molar-refractivity contribution in [3.8, 4) is 0 Å². The lowest BCUT2D eigenvalue weighted by molar-refractivity contribution is -0.115. The molecule has 0 spiro atoms. The Morgan fingerprint density at radius 2 is 1.86 bits per heavy atom. The Morgan fingerprint density at radius 1 is 1.14 bits per heavy atom. The zero-order valence-corrected chi connectivity index (χ0v) is 13.9. The number of nitrogens with zero attached hydrogens (tertiary/aromatic N) is 1. The van der Waals surface area contributed by atoms with Crippen LogP contribution >= 0.6 is 35.7 Å². The highest BCUT2D eigenvalue weighted by Crippen LogP contribution is 2.38. The highest BCUT2D eigenvalue weighted by molar-refractivity contribution is 8.24. The Bertz CT molecular complexity index is 681. The minimum Gasteiger partial charge on any atom is -0.273 e. The fourth-order valence-corrected chi connectivity index (χ4v) is 4.07. The number of aryl methyl sites for hydroxylation is 1. The van der Waals surface area contributed by atoms with Crippen molar-refractivity contribution in [1.29, 1.82) is 0 Å². The molecular weight excluding hydrogens is 318 g/mol. The Balaban J connectivity index is 1.94. The van der Waals surface area contributed by atoms with Crippen molar-refractivity contribution in [2.24, 2.45) is 0 Å². The molecule has 0 atom stereocenters. The van der Waals surface area contributed by atoms with Crippen LogP contribution in [-0.2, 0) is 4.79 Å². The Hall–Kier alpha value is -1.30. The van der Waals surface area contributed by atoms with Crippen LogP contribution in [0, 0.1) is 6.92 Å². The van der Waals surface area contributed by atoms with E-state index in [0.717, 1.165) is 15.5 Å². The van der Waals surface area contributed by atoms with E-state index in [4.69, 9.17) is 12.2 Å². The van der Waals surface area contributed by atoms with Gasteiger partial charge in [0.15, 0.2) is 0 Å². The molecule has 1 heterocycles. The number of anilines is 1. The average Bonchev–Trinajstić information content (AvgIpc) is 2.81. The molecule has 0 bridgehead atoms. The van der Waals surface area contributed by atoms with Crippen LogP contribution in [0.1, 0.15) is 5.56 Å². The van der Waals surface area contributed by atoms with Crippen LogP contribution in [0.5, 0.6) is 0 Å². The van der Waals surface area contributed by atoms with Crippen molar-refractivity contribution in [2.45, 2.75) is 16.7 Å². The van der Waals surface area contributed by atoms with Crippen LogP contribution in [0.4, 0.5) is 5.69 Å². The number of para-hydroxylation sites is 1. The first-order valence-electron chi connectivity index (χ1n) is 6.48. The maximum absolute atomic E-state index is 12.0. The van der Waals surface area contributed by atoms with Crippen molar-refractivity contribution in [3.05, 3.63) is 54.1 Å². The van der Waals surface area contributed by atoms with Gasteiger partial charge in [0.1, 0.15) is 4.32 Å². The summed E-state index contributed by atoms with van der Waals surface area (Å²) in [6.45, 7) is 2.07. The molecule has 2 aromatic rings. The maximum atomic E-state index is 12.0. The molecule has 1 fully saturated rings. The first kappa shape index (κ1) is 14.6. The number of carbonyl (C=O) groups is 1. The van der Waals surface area contributed by atoms with Crippen LogP contribution in [0.15, 0.2) is 58.3 Å². The van der Waals surface area contributed by atoms with Gasteiger partial charge in [-0.05, 0) is 31.2 Å². The first-order chi connectivity index (χ1) is 10.1. The number of thiocarbonyl (C=S) groups is 1. The second kappa shape index (κ2) is 6.22. The third-order valence-corrected chi connectivity index (χ3v) is 5.54. The molecule has 1 amide bonds. The van der Waals surface area contributed by atoms with E-state index >= 15 is 0 Å². The van der Waals surface area contributed by atoms with Gasteiger partial charge < -0.3 is 0 Å². The van der Waals surface area contributed by atoms with Crippen molar-refractivity contribution in [2.75, 3.05) is 10.7 Å². The van der Waals surface area contributed by atoms with Crippen LogP contribution in [0.25, 0.3) is 0 Å². The molecule has 1 aliphatic heterocycles. The van der Waals surface area contributed by atoms with E-state index in [1.165, 1.54) is 17.3 Å². The van der Waals surface area contributed by atoms with Gasteiger partial charge in [0.2, 0.25) is 5.91 Å². The monoisotopic (exact) mass is 331 g/mol. The highest BCUT2D eigenvalue weighted by atomic mass is 32.2. The Labute approximate surface area is 137 Å². The molecule has 3 rings (SSSR count). The summed E-state index contributed by atoms with van der Waals surface area (Å²) in [5.41, 5.74) is 2.11. The molecule has 0 radical (unpaired) electrons. The normalized spacial score (nSPS) is 14.8. The second-order valence-corrected chi connectivity index (χ2v) is 7.39. The summed E-state index contributed by atoms with van der Waals surface area (Å²) >= 11 is 8.37. The summed E-state index contributed by atoms with van der Waals surface area (Å²) < 4.78 is 0.636. The standard InChI is InChI=1S/C16H13NOS3/c1-11-6-8-12(9-7-11)21-14-5-3-2-4-13(14)17-15(18)10-20-16(17)19/h2-9H,10H2,1H3. The molecule has 5 heteroatoms. The number of rotatable bonds is 3. The predicted molar refractivity (Wildman–Crippen MR) is 94.3 cm³/mol. The van der Waals surface area contributed by atoms with Crippen molar-refractivity contribution in [1.82, 2.24) is 0 Å². The number of benzene rings is 2. The van der Waals surface area contributed by atoms with E-state index in [0.29, 0.717) is 10.1 Å². The van der Waals surface area contributed by atoms with Gasteiger partial charge in [-0.3, -0.25) is 9.69 Å². The van der Waals surface area contributed by atoms with E-state index < -0.39 is 0 Å². The molecule has 0 unspecified atom stereocenters. The Morgan fingerprint density at radius 3 is 2.52 bits per heavy atom. The third kappa shape index (κ3) is 3.15. The van der Waals surface area contributed by atoms with Crippen molar-refractivity contribution in [3.63, 3.8) is 0 Å². The summed E-state index contributed by atoms with van der Waals surface area (Å²) in [7, 11) is 0. The minimum absolute atomic E-state index is 0.0574. The van der Waals surface area contributed by atoms with Gasteiger partial charge >= 0.3 is 0 Å². The largest absolute Gasteiger partial charge is 0.273 e. The number of carbonyl (C=O) groups excluding carboxylic acids is 1. The van der Waals surface area contributed by atoms with Crippen LogP contribution in [0.3, 0.4) is 0 Å². The fourth-order valence-electron chi connectivity index (χ4n) is 2.05. The van der Waals surface area contributed by atoms with Gasteiger partial charge in [0.05, 0.1) is 11.4 Å². The lowest BCUT2D eigenvalue weighted by Gasteiger charge is -2.18. The fraction of sp³-hybridized carbons (Fsp3) is 0.125. The van der Waals surface area contributed by atoms with Gasteiger partial charge in [0.25, 0.3) is 0 Å². The zero-order valence-electron chi connectivity index (χ0n) is 11.4. The summed E-state index contributed by atoms with van der Waals surface area (Å²) in [4.78, 5) is 15.9. The molecule has 1 aliphatic rings. The molecule has 1 saturated heterocycles. The quantitative estimate of drug-likeness (QED) is 0.771. The summed E-state index contributed by atoms with van der Waals surface area (Å²) in [6, 6.07) is 16.3. The van der Waals surface area contributed by atoms with Crippen LogP contribution in [-0.4, -0.2) is 16.0 Å². The summed E-state index contributed by atoms with van der Waals surface area (Å²) in [5.74, 6) is 0.490. The Kier molecular flexibility index (Phi) is 4.33. The zero-order chi connectivity index (χ0) is 14.8. The molecule has 0 saturated carbocycles. The third-order valence-electron chi connectivity index (χ3n) is 3.11. The van der Waals surface area contributed by atoms with Crippen LogP contribution < -0.4 is 4.90 Å². The number of amides is 1. The number of hydrogen-bond acceptors (Lipinski definition) is 4. The number of hydrogen-bond donors (Lipinski definition) is 0. The molecule has 0 aliphatic carbocycles.